The van der Waals surface area contributed by atoms with Gasteiger partial charge in [0, 0.05) is 18.8 Å². The van der Waals surface area contributed by atoms with Crippen molar-refractivity contribution in [2.75, 3.05) is 23.3 Å². The fourth-order valence-corrected chi connectivity index (χ4v) is 2.93. The van der Waals surface area contributed by atoms with Crippen LogP contribution in [0.1, 0.15) is 60.9 Å². The van der Waals surface area contributed by atoms with Gasteiger partial charge < -0.3 is 31.5 Å². The fourth-order valence-electron chi connectivity index (χ4n) is 2.93. The molecule has 0 spiro atoms. The summed E-state index contributed by atoms with van der Waals surface area (Å²) in [5, 5.41) is 19.8. The van der Waals surface area contributed by atoms with Gasteiger partial charge in [0.25, 0.3) is 5.91 Å². The first-order chi connectivity index (χ1) is 15.5. The number of rotatable bonds is 5. The van der Waals surface area contributed by atoms with Crippen LogP contribution in [-0.4, -0.2) is 56.9 Å². The van der Waals surface area contributed by atoms with Gasteiger partial charge in [-0.15, -0.1) is 10.2 Å². The highest BCUT2D eigenvalue weighted by atomic mass is 16.6. The Kier molecular flexibility index (Phi) is 8.49. The number of ether oxygens (including phenoxy) is 1. The summed E-state index contributed by atoms with van der Waals surface area (Å²) in [5.41, 5.74) is 10.3. The lowest BCUT2D eigenvalue weighted by Crippen LogP contribution is -2.32. The molecule has 12 nitrogen and oxygen atoms in total. The largest absolute Gasteiger partial charge is 0.478 e. The van der Waals surface area contributed by atoms with Gasteiger partial charge in [0.15, 0.2) is 11.5 Å². The third-order valence-corrected chi connectivity index (χ3v) is 4.35. The minimum atomic E-state index is -1.01. The number of carbonyl (C=O) groups excluding carboxylic acids is 2. The molecule has 0 bridgehead atoms. The van der Waals surface area contributed by atoms with Crippen molar-refractivity contribution in [1.82, 2.24) is 15.2 Å². The summed E-state index contributed by atoms with van der Waals surface area (Å²) < 4.78 is 4.58. The zero-order chi connectivity index (χ0) is 24.6. The average molecular weight is 460 g/mol. The Balaban J connectivity index is 0.000000414. The predicted octanol–water partition coefficient (Wildman–Crippen LogP) is 2.28. The number of aromatic nitrogens is 3. The minimum absolute atomic E-state index is 0.0666. The van der Waals surface area contributed by atoms with Crippen LogP contribution in [0, 0.1) is 0 Å². The molecular weight excluding hydrogens is 430 g/mol. The third kappa shape index (κ3) is 8.24. The first-order valence-electron chi connectivity index (χ1n) is 10.3. The Morgan fingerprint density at radius 2 is 1.64 bits per heavy atom. The van der Waals surface area contributed by atoms with E-state index in [0.717, 1.165) is 25.9 Å². The lowest BCUT2D eigenvalue weighted by molar-refractivity contribution is 0.0598. The second kappa shape index (κ2) is 11.1. The van der Waals surface area contributed by atoms with Crippen LogP contribution >= 0.6 is 0 Å². The number of nitrogens with zero attached hydrogens (tertiary/aromatic N) is 4. The van der Waals surface area contributed by atoms with Crippen LogP contribution in [-0.2, 0) is 4.74 Å². The minimum Gasteiger partial charge on any atom is -0.478 e. The molecule has 2 heterocycles. The van der Waals surface area contributed by atoms with Gasteiger partial charge in [0.2, 0.25) is 5.95 Å². The van der Waals surface area contributed by atoms with Crippen molar-refractivity contribution in [3.8, 4) is 0 Å². The molecule has 33 heavy (non-hydrogen) atoms. The molecule has 1 saturated heterocycles. The molecule has 0 aliphatic carbocycles. The zero-order valence-corrected chi connectivity index (χ0v) is 18.9. The second-order valence-corrected chi connectivity index (χ2v) is 8.26. The maximum Gasteiger partial charge on any atom is 0.405 e. The van der Waals surface area contributed by atoms with Crippen molar-refractivity contribution in [3.05, 3.63) is 35.5 Å². The fraction of sp³-hybridized carbons (Fsp3) is 0.429. The van der Waals surface area contributed by atoms with Crippen LogP contribution in [0.2, 0.25) is 0 Å². The van der Waals surface area contributed by atoms with Crippen molar-refractivity contribution in [2.45, 2.75) is 45.6 Å². The quantitative estimate of drug-likeness (QED) is 0.516. The van der Waals surface area contributed by atoms with Gasteiger partial charge in [0.05, 0.1) is 5.56 Å². The normalized spacial score (nSPS) is 13.4. The van der Waals surface area contributed by atoms with Gasteiger partial charge >= 0.3 is 12.1 Å². The Morgan fingerprint density at radius 1 is 1.03 bits per heavy atom. The zero-order valence-electron chi connectivity index (χ0n) is 18.9. The Morgan fingerprint density at radius 3 is 2.09 bits per heavy atom. The van der Waals surface area contributed by atoms with Gasteiger partial charge in [-0.1, -0.05) is 0 Å². The topological polar surface area (TPSA) is 187 Å². The van der Waals surface area contributed by atoms with Crippen molar-refractivity contribution in [3.63, 3.8) is 0 Å². The maximum atomic E-state index is 11.6. The predicted molar refractivity (Wildman–Crippen MR) is 122 cm³/mol. The van der Waals surface area contributed by atoms with E-state index >= 15 is 0 Å². The van der Waals surface area contributed by atoms with Crippen molar-refractivity contribution >= 4 is 35.4 Å². The number of benzene rings is 1. The van der Waals surface area contributed by atoms with E-state index < -0.39 is 23.6 Å². The van der Waals surface area contributed by atoms with E-state index in [1.807, 2.05) is 4.90 Å². The van der Waals surface area contributed by atoms with Gasteiger partial charge in [-0.3, -0.25) is 4.79 Å². The van der Waals surface area contributed by atoms with Gasteiger partial charge in [-0.25, -0.2) is 9.59 Å². The Labute approximate surface area is 191 Å². The number of primary amides is 2. The second-order valence-electron chi connectivity index (χ2n) is 8.26. The number of piperidine rings is 1. The molecule has 1 aliphatic heterocycles. The molecular formula is C21H29N7O5. The SMILES string of the molecule is CC(C)(C)OC(N)=O.NC(=O)c1nnc(N2CCCCC2)nc1Nc1ccc(C(=O)O)cc1. The number of nitrogens with one attached hydrogen (secondary N) is 1. The highest BCUT2D eigenvalue weighted by Gasteiger charge is 2.19. The van der Waals surface area contributed by atoms with Gasteiger partial charge in [-0.05, 0) is 64.3 Å². The van der Waals surface area contributed by atoms with E-state index in [9.17, 15) is 14.4 Å². The maximum absolute atomic E-state index is 11.6. The number of hydrogen-bond acceptors (Lipinski definition) is 9. The summed E-state index contributed by atoms with van der Waals surface area (Å²) in [7, 11) is 0. The molecule has 1 aromatic heterocycles. The summed E-state index contributed by atoms with van der Waals surface area (Å²) in [6.45, 7) is 6.96. The molecule has 2 amide bonds. The molecule has 0 radical (unpaired) electrons. The molecule has 1 aliphatic rings. The highest BCUT2D eigenvalue weighted by Crippen LogP contribution is 2.21. The van der Waals surface area contributed by atoms with Gasteiger partial charge in [-0.2, -0.15) is 4.98 Å². The molecule has 1 fully saturated rings. The number of anilines is 3. The van der Waals surface area contributed by atoms with E-state index in [2.05, 4.69) is 25.2 Å². The van der Waals surface area contributed by atoms with Crippen LogP contribution in [0.25, 0.3) is 0 Å². The van der Waals surface area contributed by atoms with E-state index in [0.29, 0.717) is 11.6 Å². The number of aromatic carboxylic acids is 1. The van der Waals surface area contributed by atoms with Crippen LogP contribution < -0.4 is 21.7 Å². The molecule has 0 saturated carbocycles. The number of hydrogen-bond donors (Lipinski definition) is 4. The molecule has 0 atom stereocenters. The molecule has 2 aromatic rings. The van der Waals surface area contributed by atoms with E-state index in [-0.39, 0.29) is 17.1 Å². The molecule has 3 rings (SSSR count). The molecule has 1 aromatic carbocycles. The first kappa shape index (κ1) is 25.3. The summed E-state index contributed by atoms with van der Waals surface area (Å²) in [5.74, 6) is -1.11. The van der Waals surface area contributed by atoms with Crippen LogP contribution in [0.3, 0.4) is 0 Å². The summed E-state index contributed by atoms with van der Waals surface area (Å²) in [4.78, 5) is 38.9. The third-order valence-electron chi connectivity index (χ3n) is 4.35. The Hall–Kier alpha value is -3.96. The van der Waals surface area contributed by atoms with Crippen LogP contribution in [0.5, 0.6) is 0 Å². The standard InChI is InChI=1S/C16H18N6O3.C5H11NO2/c17-13(23)12-14(18-11-6-4-10(5-7-11)15(24)25)19-16(21-20-12)22-8-2-1-3-9-22;1-5(2,3)8-4(6)7/h4-7H,1-3,8-9H2,(H2,17,23)(H,24,25)(H,18,19,21);1-3H3,(H2,6,7). The lowest BCUT2D eigenvalue weighted by Gasteiger charge is -2.26. The molecule has 6 N–H and O–H groups in total. The van der Waals surface area contributed by atoms with E-state index in [1.165, 1.54) is 18.6 Å². The number of carboxylic acid groups (broad SMARTS) is 1. The lowest BCUT2D eigenvalue weighted by atomic mass is 10.1. The Bertz CT molecular complexity index is 983. The van der Waals surface area contributed by atoms with Crippen LogP contribution in [0.4, 0.5) is 22.2 Å². The van der Waals surface area contributed by atoms with Crippen molar-refractivity contribution in [2.24, 2.45) is 11.5 Å². The molecule has 0 unspecified atom stereocenters. The summed E-state index contributed by atoms with van der Waals surface area (Å²) >= 11 is 0. The first-order valence-corrected chi connectivity index (χ1v) is 10.3. The van der Waals surface area contributed by atoms with Crippen molar-refractivity contribution in [1.29, 1.82) is 0 Å². The number of amides is 2. The number of nitrogens with two attached hydrogens (primary N) is 2. The summed E-state index contributed by atoms with van der Waals surface area (Å²) in [6.07, 6.45) is 2.56. The van der Waals surface area contributed by atoms with E-state index in [4.69, 9.17) is 16.6 Å². The van der Waals surface area contributed by atoms with Gasteiger partial charge in [0.1, 0.15) is 5.60 Å². The van der Waals surface area contributed by atoms with Crippen molar-refractivity contribution < 1.29 is 24.2 Å². The molecule has 178 valence electrons. The van der Waals surface area contributed by atoms with Crippen LogP contribution in [0.15, 0.2) is 24.3 Å². The smallest absolute Gasteiger partial charge is 0.405 e. The number of carboxylic acids is 1. The summed E-state index contributed by atoms with van der Waals surface area (Å²) in [6, 6.07) is 6.07. The number of carbonyl (C=O) groups is 3. The van der Waals surface area contributed by atoms with E-state index in [1.54, 1.807) is 32.9 Å². The molecule has 12 heteroatoms. The monoisotopic (exact) mass is 459 g/mol. The average Bonchev–Trinajstić information content (AvgIpc) is 2.73. The highest BCUT2D eigenvalue weighted by molar-refractivity contribution is 5.96.